The van der Waals surface area contributed by atoms with Gasteiger partial charge >= 0.3 is 0 Å². The Morgan fingerprint density at radius 2 is 2.00 bits per heavy atom. The lowest BCUT2D eigenvalue weighted by Crippen LogP contribution is -2.66. The second-order valence-corrected chi connectivity index (χ2v) is 9.40. The smallest absolute Gasteiger partial charge is 0.222 e. The third kappa shape index (κ3) is 2.37. The zero-order valence-electron chi connectivity index (χ0n) is 12.9. The third-order valence-corrected chi connectivity index (χ3v) is 8.00. The molecule has 0 aromatic rings. The van der Waals surface area contributed by atoms with Gasteiger partial charge in [-0.05, 0) is 38.0 Å². The standard InChI is InChI=1S/C15H24N2O4S/c18-14-2-1-7-16(14)8-5-12-6-9-21-15(12)10-17(11-15)22(19,20)13-3-4-13/h12-13H,1-11H2/t12-/m0/s1. The molecule has 0 radical (unpaired) electrons. The molecule has 1 aliphatic carbocycles. The van der Waals surface area contributed by atoms with Gasteiger partial charge in [0, 0.05) is 39.2 Å². The van der Waals surface area contributed by atoms with Crippen molar-refractivity contribution < 1.29 is 17.9 Å². The summed E-state index contributed by atoms with van der Waals surface area (Å²) >= 11 is 0. The zero-order valence-corrected chi connectivity index (χ0v) is 13.7. The van der Waals surface area contributed by atoms with Crippen LogP contribution in [0.1, 0.15) is 38.5 Å². The van der Waals surface area contributed by atoms with Crippen molar-refractivity contribution in [3.05, 3.63) is 0 Å². The Hall–Kier alpha value is -0.660. The number of ether oxygens (including phenoxy) is 1. The van der Waals surface area contributed by atoms with E-state index >= 15 is 0 Å². The Kier molecular flexibility index (Phi) is 3.51. The molecule has 4 aliphatic rings. The summed E-state index contributed by atoms with van der Waals surface area (Å²) in [5, 5.41) is -0.132. The monoisotopic (exact) mass is 328 g/mol. The number of hydrogen-bond donors (Lipinski definition) is 0. The van der Waals surface area contributed by atoms with Crippen molar-refractivity contribution in [1.29, 1.82) is 0 Å². The Morgan fingerprint density at radius 3 is 2.64 bits per heavy atom. The Bertz CT molecular complexity index is 566. The lowest BCUT2D eigenvalue weighted by molar-refractivity contribution is -0.128. The first kappa shape index (κ1) is 14.9. The van der Waals surface area contributed by atoms with Crippen molar-refractivity contribution in [1.82, 2.24) is 9.21 Å². The summed E-state index contributed by atoms with van der Waals surface area (Å²) < 4.78 is 32.1. The van der Waals surface area contributed by atoms with Crippen LogP contribution in [-0.4, -0.2) is 67.2 Å². The van der Waals surface area contributed by atoms with Crippen molar-refractivity contribution in [2.24, 2.45) is 5.92 Å². The summed E-state index contributed by atoms with van der Waals surface area (Å²) in [5.41, 5.74) is -0.273. The maximum Gasteiger partial charge on any atom is 0.222 e. The van der Waals surface area contributed by atoms with E-state index in [1.807, 2.05) is 4.90 Å². The molecular formula is C15H24N2O4S. The van der Waals surface area contributed by atoms with Crippen LogP contribution in [0.15, 0.2) is 0 Å². The van der Waals surface area contributed by atoms with Gasteiger partial charge in [-0.25, -0.2) is 8.42 Å². The van der Waals surface area contributed by atoms with Gasteiger partial charge in [-0.2, -0.15) is 4.31 Å². The molecule has 6 nitrogen and oxygen atoms in total. The number of likely N-dealkylation sites (tertiary alicyclic amines) is 1. The van der Waals surface area contributed by atoms with E-state index in [2.05, 4.69) is 0 Å². The molecule has 3 aliphatic heterocycles. The van der Waals surface area contributed by atoms with E-state index in [1.54, 1.807) is 4.31 Å². The highest BCUT2D eigenvalue weighted by molar-refractivity contribution is 7.90. The number of rotatable bonds is 5. The SMILES string of the molecule is O=C1CCCN1CC[C@H]1CCOC12CN(S(=O)(=O)C1CC1)C2. The molecule has 22 heavy (non-hydrogen) atoms. The van der Waals surface area contributed by atoms with E-state index in [0.29, 0.717) is 25.4 Å². The minimum absolute atomic E-state index is 0.132. The number of carbonyl (C=O) groups is 1. The van der Waals surface area contributed by atoms with Gasteiger partial charge in [0.1, 0.15) is 0 Å². The maximum atomic E-state index is 12.2. The van der Waals surface area contributed by atoms with Crippen LogP contribution < -0.4 is 0 Å². The van der Waals surface area contributed by atoms with Crippen LogP contribution in [0, 0.1) is 5.92 Å². The van der Waals surface area contributed by atoms with E-state index in [9.17, 15) is 13.2 Å². The Balaban J connectivity index is 1.35. The molecule has 3 heterocycles. The molecule has 4 fully saturated rings. The van der Waals surface area contributed by atoms with Gasteiger partial charge in [-0.1, -0.05) is 0 Å². The number of sulfonamides is 1. The topological polar surface area (TPSA) is 66.9 Å². The van der Waals surface area contributed by atoms with Gasteiger partial charge in [0.2, 0.25) is 15.9 Å². The van der Waals surface area contributed by atoms with Crippen molar-refractivity contribution in [2.75, 3.05) is 32.8 Å². The second kappa shape index (κ2) is 5.18. The van der Waals surface area contributed by atoms with E-state index < -0.39 is 10.0 Å². The largest absolute Gasteiger partial charge is 0.372 e. The molecule has 1 saturated carbocycles. The molecule has 0 aromatic heterocycles. The van der Waals surface area contributed by atoms with Gasteiger partial charge in [-0.15, -0.1) is 0 Å². The highest BCUT2D eigenvalue weighted by atomic mass is 32.2. The van der Waals surface area contributed by atoms with Crippen LogP contribution in [0.25, 0.3) is 0 Å². The molecular weight excluding hydrogens is 304 g/mol. The van der Waals surface area contributed by atoms with E-state index in [4.69, 9.17) is 4.74 Å². The Morgan fingerprint density at radius 1 is 1.23 bits per heavy atom. The normalized spacial score (nSPS) is 31.9. The minimum Gasteiger partial charge on any atom is -0.372 e. The van der Waals surface area contributed by atoms with Gasteiger partial charge in [0.05, 0.1) is 10.9 Å². The molecule has 7 heteroatoms. The zero-order chi connectivity index (χ0) is 15.4. The predicted octanol–water partition coefficient (Wildman–Crippen LogP) is 0.582. The molecule has 1 amide bonds. The molecule has 1 spiro atoms. The second-order valence-electron chi connectivity index (χ2n) is 7.18. The number of nitrogens with zero attached hydrogens (tertiary/aromatic N) is 2. The minimum atomic E-state index is -3.07. The van der Waals surface area contributed by atoms with Crippen molar-refractivity contribution >= 4 is 15.9 Å². The number of hydrogen-bond acceptors (Lipinski definition) is 4. The van der Waals surface area contributed by atoms with Crippen LogP contribution in [0.4, 0.5) is 0 Å². The third-order valence-electron chi connectivity index (χ3n) is 5.71. The van der Waals surface area contributed by atoms with Crippen LogP contribution in [-0.2, 0) is 19.6 Å². The van der Waals surface area contributed by atoms with Crippen LogP contribution in [0.5, 0.6) is 0 Å². The summed E-state index contributed by atoms with van der Waals surface area (Å²) in [7, 11) is -3.07. The fraction of sp³-hybridized carbons (Fsp3) is 0.933. The fourth-order valence-corrected chi connectivity index (χ4v) is 6.05. The quantitative estimate of drug-likeness (QED) is 0.740. The van der Waals surface area contributed by atoms with E-state index in [1.165, 1.54) is 0 Å². The molecule has 3 saturated heterocycles. The molecule has 0 bridgehead atoms. The van der Waals surface area contributed by atoms with Crippen molar-refractivity contribution in [2.45, 2.75) is 49.4 Å². The first-order valence-corrected chi connectivity index (χ1v) is 9.92. The lowest BCUT2D eigenvalue weighted by atomic mass is 9.80. The molecule has 0 unspecified atom stereocenters. The van der Waals surface area contributed by atoms with Crippen LogP contribution in [0.3, 0.4) is 0 Å². The van der Waals surface area contributed by atoms with Crippen LogP contribution in [0.2, 0.25) is 0 Å². The van der Waals surface area contributed by atoms with Crippen molar-refractivity contribution in [3.63, 3.8) is 0 Å². The predicted molar refractivity (Wildman–Crippen MR) is 80.7 cm³/mol. The van der Waals surface area contributed by atoms with Gasteiger partial charge in [0.25, 0.3) is 0 Å². The summed E-state index contributed by atoms with van der Waals surface area (Å²) in [5.74, 6) is 0.645. The summed E-state index contributed by atoms with van der Waals surface area (Å²) in [6.45, 7) is 3.43. The van der Waals surface area contributed by atoms with Crippen molar-refractivity contribution in [3.8, 4) is 0 Å². The number of carbonyl (C=O) groups excluding carboxylic acids is 1. The van der Waals surface area contributed by atoms with E-state index in [-0.39, 0.29) is 16.8 Å². The number of amides is 1. The van der Waals surface area contributed by atoms with Gasteiger partial charge < -0.3 is 9.64 Å². The average Bonchev–Trinajstić information content (AvgIpc) is 3.10. The maximum absolute atomic E-state index is 12.2. The van der Waals surface area contributed by atoms with Gasteiger partial charge in [0.15, 0.2) is 0 Å². The first-order chi connectivity index (χ1) is 10.5. The lowest BCUT2D eigenvalue weighted by Gasteiger charge is -2.49. The Labute approximate surface area is 131 Å². The van der Waals surface area contributed by atoms with Gasteiger partial charge in [-0.3, -0.25) is 4.79 Å². The summed E-state index contributed by atoms with van der Waals surface area (Å²) in [6, 6.07) is 0. The summed E-state index contributed by atoms with van der Waals surface area (Å²) in [6.07, 6.45) is 5.20. The van der Waals surface area contributed by atoms with E-state index in [0.717, 1.165) is 51.8 Å². The molecule has 1 atom stereocenters. The average molecular weight is 328 g/mol. The highest BCUT2D eigenvalue weighted by Crippen LogP contribution is 2.45. The first-order valence-electron chi connectivity index (χ1n) is 8.42. The molecule has 0 N–H and O–H groups in total. The highest BCUT2D eigenvalue weighted by Gasteiger charge is 2.58. The molecule has 4 rings (SSSR count). The molecule has 124 valence electrons. The fourth-order valence-electron chi connectivity index (χ4n) is 4.10. The van der Waals surface area contributed by atoms with Crippen LogP contribution >= 0.6 is 0 Å². The summed E-state index contributed by atoms with van der Waals surface area (Å²) in [4.78, 5) is 13.6. The molecule has 0 aromatic carbocycles.